The average molecular weight is 343 g/mol. The molecule has 0 saturated carbocycles. The maximum Gasteiger partial charge on any atom is 0.338 e. The molecule has 3 rings (SSSR count). The molecule has 0 fully saturated rings. The van der Waals surface area contributed by atoms with Gasteiger partial charge in [-0.1, -0.05) is 17.2 Å². The Balaban J connectivity index is 1.83. The Hall–Kier alpha value is -2.93. The lowest BCUT2D eigenvalue weighted by atomic mass is 10.1. The van der Waals surface area contributed by atoms with Gasteiger partial charge in [0.2, 0.25) is 0 Å². The van der Waals surface area contributed by atoms with Gasteiger partial charge >= 0.3 is 5.97 Å². The molecule has 0 atom stereocenters. The molecule has 0 radical (unpaired) electrons. The molecule has 0 amide bonds. The molecule has 0 unspecified atom stereocenters. The molecule has 1 aliphatic rings. The number of carbonyl (C=O) groups is 1. The Bertz CT molecular complexity index is 825. The van der Waals surface area contributed by atoms with Gasteiger partial charge in [-0.05, 0) is 26.0 Å². The van der Waals surface area contributed by atoms with Crippen molar-refractivity contribution in [3.05, 3.63) is 68.3 Å². The highest BCUT2D eigenvalue weighted by Gasteiger charge is 2.22. The third-order valence-corrected chi connectivity index (χ3v) is 3.80. The van der Waals surface area contributed by atoms with E-state index in [0.29, 0.717) is 22.4 Å². The maximum atomic E-state index is 12.3. The van der Waals surface area contributed by atoms with Gasteiger partial charge in [-0.3, -0.25) is 10.1 Å². The van der Waals surface area contributed by atoms with Crippen LogP contribution in [0.3, 0.4) is 0 Å². The summed E-state index contributed by atoms with van der Waals surface area (Å²) in [5.41, 5.74) is 3.29. The Kier molecular flexibility index (Phi) is 4.67. The number of rotatable bonds is 4. The van der Waals surface area contributed by atoms with E-state index >= 15 is 0 Å². The van der Waals surface area contributed by atoms with Crippen LogP contribution in [0.5, 0.6) is 5.75 Å². The monoisotopic (exact) mass is 343 g/mol. The van der Waals surface area contributed by atoms with Crippen LogP contribution >= 0.6 is 0 Å². The van der Waals surface area contributed by atoms with Crippen LogP contribution in [0.1, 0.15) is 32.6 Å². The maximum absolute atomic E-state index is 12.3. The predicted molar refractivity (Wildman–Crippen MR) is 88.4 cm³/mol. The molecule has 0 aliphatic carbocycles. The van der Waals surface area contributed by atoms with Gasteiger partial charge in [0, 0.05) is 23.3 Å². The minimum Gasteiger partial charge on any atom is -0.467 e. The van der Waals surface area contributed by atoms with E-state index in [1.165, 1.54) is 12.1 Å². The third-order valence-electron chi connectivity index (χ3n) is 3.80. The number of nitrogens with zero attached hydrogens (tertiary/aromatic N) is 1. The minimum atomic E-state index is -0.496. The van der Waals surface area contributed by atoms with Gasteiger partial charge < -0.3 is 14.2 Å². The summed E-state index contributed by atoms with van der Waals surface area (Å²) in [4.78, 5) is 22.9. The number of non-ortho nitro benzene ring substituents is 1. The number of hydrogen-bond donors (Lipinski definition) is 0. The van der Waals surface area contributed by atoms with Crippen LogP contribution in [0.2, 0.25) is 0 Å². The number of esters is 1. The van der Waals surface area contributed by atoms with Gasteiger partial charge in [0.15, 0.2) is 6.79 Å². The van der Waals surface area contributed by atoms with Crippen molar-refractivity contribution in [2.45, 2.75) is 27.1 Å². The van der Waals surface area contributed by atoms with E-state index in [2.05, 4.69) is 0 Å². The van der Waals surface area contributed by atoms with E-state index < -0.39 is 10.9 Å². The first-order chi connectivity index (χ1) is 11.9. The summed E-state index contributed by atoms with van der Waals surface area (Å²) in [6.07, 6.45) is 0. The quantitative estimate of drug-likeness (QED) is 0.480. The second kappa shape index (κ2) is 6.90. The van der Waals surface area contributed by atoms with Crippen LogP contribution < -0.4 is 4.74 Å². The fraction of sp³-hybridized carbons (Fsp3) is 0.278. The molecular weight excluding hydrogens is 326 g/mol. The van der Waals surface area contributed by atoms with Crippen LogP contribution in [0.15, 0.2) is 30.3 Å². The van der Waals surface area contributed by atoms with Gasteiger partial charge in [-0.25, -0.2) is 4.79 Å². The lowest BCUT2D eigenvalue weighted by molar-refractivity contribution is -0.385. The van der Waals surface area contributed by atoms with E-state index in [1.54, 1.807) is 12.1 Å². The number of fused-ring (bicyclic) bond motifs is 1. The SMILES string of the molecule is Cc1cc(C)cc(C(=O)OCc2cc([N+](=O)[O-])cc3c2OCOC3)c1. The first kappa shape index (κ1) is 16.9. The molecule has 0 spiro atoms. The van der Waals surface area contributed by atoms with E-state index in [4.69, 9.17) is 14.2 Å². The molecule has 0 bridgehead atoms. The second-order valence-corrected chi connectivity index (χ2v) is 5.91. The third kappa shape index (κ3) is 3.77. The smallest absolute Gasteiger partial charge is 0.338 e. The van der Waals surface area contributed by atoms with Crippen molar-refractivity contribution >= 4 is 11.7 Å². The van der Waals surface area contributed by atoms with Crippen molar-refractivity contribution in [2.24, 2.45) is 0 Å². The number of aryl methyl sites for hydroxylation is 2. The van der Waals surface area contributed by atoms with Gasteiger partial charge in [-0.2, -0.15) is 0 Å². The van der Waals surface area contributed by atoms with Crippen LogP contribution in [-0.2, 0) is 22.7 Å². The lowest BCUT2D eigenvalue weighted by Gasteiger charge is -2.20. The standard InChI is InChI=1S/C18H17NO6/c1-11-3-12(2)5-13(4-11)18(20)24-9-15-7-16(19(21)22)6-14-8-23-10-25-17(14)15/h3-7H,8-10H2,1-2H3. The molecule has 0 aromatic heterocycles. The van der Waals surface area contributed by atoms with Gasteiger partial charge in [0.25, 0.3) is 5.69 Å². The normalized spacial score (nSPS) is 12.9. The van der Waals surface area contributed by atoms with Crippen LogP contribution in [-0.4, -0.2) is 17.7 Å². The van der Waals surface area contributed by atoms with E-state index in [9.17, 15) is 14.9 Å². The van der Waals surface area contributed by atoms with Gasteiger partial charge in [0.05, 0.1) is 17.1 Å². The van der Waals surface area contributed by atoms with E-state index in [0.717, 1.165) is 11.1 Å². The number of ether oxygens (including phenoxy) is 3. The van der Waals surface area contributed by atoms with Crippen LogP contribution in [0.4, 0.5) is 5.69 Å². The van der Waals surface area contributed by atoms with E-state index in [-0.39, 0.29) is 25.7 Å². The lowest BCUT2D eigenvalue weighted by Crippen LogP contribution is -2.15. The number of nitro groups is 1. The van der Waals surface area contributed by atoms with Crippen molar-refractivity contribution in [2.75, 3.05) is 6.79 Å². The van der Waals surface area contributed by atoms with Crippen molar-refractivity contribution < 1.29 is 23.9 Å². The Morgan fingerprint density at radius 1 is 1.20 bits per heavy atom. The zero-order valence-electron chi connectivity index (χ0n) is 13.9. The highest BCUT2D eigenvalue weighted by molar-refractivity contribution is 5.89. The molecule has 2 aromatic rings. The first-order valence-corrected chi connectivity index (χ1v) is 7.70. The summed E-state index contributed by atoms with van der Waals surface area (Å²) >= 11 is 0. The molecule has 1 heterocycles. The van der Waals surface area contributed by atoms with Crippen molar-refractivity contribution in [1.29, 1.82) is 0 Å². The minimum absolute atomic E-state index is 0.0584. The fourth-order valence-electron chi connectivity index (χ4n) is 2.81. The molecule has 0 N–H and O–H groups in total. The van der Waals surface area contributed by atoms with Gasteiger partial charge in [-0.15, -0.1) is 0 Å². The molecule has 2 aromatic carbocycles. The molecule has 25 heavy (non-hydrogen) atoms. The van der Waals surface area contributed by atoms with Crippen molar-refractivity contribution in [1.82, 2.24) is 0 Å². The van der Waals surface area contributed by atoms with E-state index in [1.807, 2.05) is 19.9 Å². The molecular formula is C18H17NO6. The molecule has 130 valence electrons. The fourth-order valence-corrected chi connectivity index (χ4v) is 2.81. The largest absolute Gasteiger partial charge is 0.467 e. The van der Waals surface area contributed by atoms with Crippen LogP contribution in [0.25, 0.3) is 0 Å². The highest BCUT2D eigenvalue weighted by atomic mass is 16.7. The summed E-state index contributed by atoms with van der Waals surface area (Å²) in [6.45, 7) is 3.96. The summed E-state index contributed by atoms with van der Waals surface area (Å²) in [7, 11) is 0. The summed E-state index contributed by atoms with van der Waals surface area (Å²) in [5, 5.41) is 11.1. The molecule has 0 saturated heterocycles. The topological polar surface area (TPSA) is 87.9 Å². The van der Waals surface area contributed by atoms with Crippen molar-refractivity contribution in [3.63, 3.8) is 0 Å². The summed E-state index contributed by atoms with van der Waals surface area (Å²) in [5.74, 6) is -0.0100. The number of carbonyl (C=O) groups excluding carboxylic acids is 1. The molecule has 7 heteroatoms. The van der Waals surface area contributed by atoms with Crippen molar-refractivity contribution in [3.8, 4) is 5.75 Å². The molecule has 1 aliphatic heterocycles. The second-order valence-electron chi connectivity index (χ2n) is 5.91. The Labute approximate surface area is 144 Å². The zero-order valence-corrected chi connectivity index (χ0v) is 13.9. The highest BCUT2D eigenvalue weighted by Crippen LogP contribution is 2.33. The number of benzene rings is 2. The summed E-state index contributed by atoms with van der Waals surface area (Å²) < 4.78 is 15.9. The Morgan fingerprint density at radius 2 is 1.92 bits per heavy atom. The average Bonchev–Trinajstić information content (AvgIpc) is 2.58. The first-order valence-electron chi connectivity index (χ1n) is 7.70. The molecule has 7 nitrogen and oxygen atoms in total. The van der Waals surface area contributed by atoms with Crippen LogP contribution in [0, 0.1) is 24.0 Å². The predicted octanol–water partition coefficient (Wildman–Crippen LogP) is 3.44. The Morgan fingerprint density at radius 3 is 2.60 bits per heavy atom. The summed E-state index contributed by atoms with van der Waals surface area (Å²) in [6, 6.07) is 8.20. The number of hydrogen-bond acceptors (Lipinski definition) is 6. The number of nitro benzene ring substituents is 1. The van der Waals surface area contributed by atoms with Gasteiger partial charge in [0.1, 0.15) is 12.4 Å². The zero-order chi connectivity index (χ0) is 18.0.